The highest BCUT2D eigenvalue weighted by molar-refractivity contribution is 6.03. The van der Waals surface area contributed by atoms with Crippen LogP contribution in [0.5, 0.6) is 5.75 Å². The highest BCUT2D eigenvalue weighted by atomic mass is 16.3. The zero-order chi connectivity index (χ0) is 24.5. The van der Waals surface area contributed by atoms with Gasteiger partial charge in [0.1, 0.15) is 11.4 Å². The monoisotopic (exact) mass is 461 g/mol. The van der Waals surface area contributed by atoms with Crippen LogP contribution in [0.25, 0.3) is 11.1 Å². The van der Waals surface area contributed by atoms with Gasteiger partial charge in [0.25, 0.3) is 5.56 Å². The van der Waals surface area contributed by atoms with Crippen molar-refractivity contribution in [3.05, 3.63) is 76.2 Å². The molecule has 2 amide bonds. The third-order valence-corrected chi connectivity index (χ3v) is 5.83. The van der Waals surface area contributed by atoms with Crippen LogP contribution in [-0.2, 0) is 19.4 Å². The smallest absolute Gasteiger partial charge is 0.323 e. The van der Waals surface area contributed by atoms with E-state index in [0.29, 0.717) is 17.7 Å². The summed E-state index contributed by atoms with van der Waals surface area (Å²) in [6, 6.07) is 14.2. The number of hydrogen-bond acceptors (Lipinski definition) is 3. The van der Waals surface area contributed by atoms with E-state index >= 15 is 0 Å². The second-order valence-electron chi connectivity index (χ2n) is 8.54. The summed E-state index contributed by atoms with van der Waals surface area (Å²) >= 11 is 0. The second-order valence-corrected chi connectivity index (χ2v) is 8.54. The van der Waals surface area contributed by atoms with Gasteiger partial charge in [-0.05, 0) is 54.2 Å². The largest absolute Gasteiger partial charge is 0.508 e. The van der Waals surface area contributed by atoms with Crippen LogP contribution in [0, 0.1) is 0 Å². The van der Waals surface area contributed by atoms with E-state index in [1.807, 2.05) is 30.3 Å². The van der Waals surface area contributed by atoms with E-state index in [1.54, 1.807) is 29.0 Å². The van der Waals surface area contributed by atoms with Crippen molar-refractivity contribution in [1.29, 1.82) is 0 Å². The zero-order valence-electron chi connectivity index (χ0n) is 20.4. The second kappa shape index (κ2) is 12.1. The number of phenolic OH excluding ortho intramolecular Hbond substituents is 1. The predicted octanol–water partition coefficient (Wildman–Crippen LogP) is 6.57. The number of anilines is 2. The number of nitrogens with zero attached hydrogens (tertiary/aromatic N) is 1. The third-order valence-electron chi connectivity index (χ3n) is 5.83. The Bertz CT molecular complexity index is 1160. The minimum atomic E-state index is -0.451. The number of nitrogens with one attached hydrogen (secondary N) is 2. The Morgan fingerprint density at radius 3 is 2.15 bits per heavy atom. The molecular formula is C28H35N3O3. The number of amides is 2. The van der Waals surface area contributed by atoms with E-state index in [9.17, 15) is 14.7 Å². The molecule has 0 aliphatic rings. The summed E-state index contributed by atoms with van der Waals surface area (Å²) in [5.41, 5.74) is 4.17. The first-order valence-corrected chi connectivity index (χ1v) is 12.2. The number of urea groups is 1. The van der Waals surface area contributed by atoms with Gasteiger partial charge in [-0.2, -0.15) is 0 Å². The van der Waals surface area contributed by atoms with Gasteiger partial charge in [-0.25, -0.2) is 4.79 Å². The standard InChI is InChI=1S/C28H35N3O3/c1-4-7-17-31-18-16-24(22-14-9-15-23(32)19-22)26(27(31)33)30-28(34)29-25-20(10-5-2)12-8-13-21(25)11-6-3/h8-9,12-16,18-19,32H,4-7,10-11,17H2,1-3H3,(H2,29,30,34). The minimum absolute atomic E-state index is 0.0979. The molecule has 2 aromatic carbocycles. The number of aromatic hydroxyl groups is 1. The van der Waals surface area contributed by atoms with E-state index in [2.05, 4.69) is 31.4 Å². The molecule has 180 valence electrons. The first-order valence-electron chi connectivity index (χ1n) is 12.2. The third kappa shape index (κ3) is 6.07. The van der Waals surface area contributed by atoms with Crippen LogP contribution in [0.3, 0.4) is 0 Å². The van der Waals surface area contributed by atoms with Crippen LogP contribution < -0.4 is 16.2 Å². The lowest BCUT2D eigenvalue weighted by molar-refractivity contribution is 0.262. The zero-order valence-corrected chi connectivity index (χ0v) is 20.4. The average Bonchev–Trinajstić information content (AvgIpc) is 2.82. The molecule has 34 heavy (non-hydrogen) atoms. The van der Waals surface area contributed by atoms with Crippen molar-refractivity contribution >= 4 is 17.4 Å². The fourth-order valence-corrected chi connectivity index (χ4v) is 4.14. The number of rotatable bonds is 10. The summed E-state index contributed by atoms with van der Waals surface area (Å²) in [5, 5.41) is 15.8. The number of carbonyl (C=O) groups is 1. The maximum absolute atomic E-state index is 13.3. The van der Waals surface area contributed by atoms with Gasteiger partial charge >= 0.3 is 6.03 Å². The number of pyridine rings is 1. The lowest BCUT2D eigenvalue weighted by Crippen LogP contribution is -2.29. The molecule has 0 fully saturated rings. The molecule has 1 aromatic heterocycles. The van der Waals surface area contributed by atoms with Gasteiger partial charge < -0.3 is 20.3 Å². The topological polar surface area (TPSA) is 83.4 Å². The lowest BCUT2D eigenvalue weighted by atomic mass is 10.0. The number of benzene rings is 2. The molecule has 0 saturated heterocycles. The number of unbranched alkanes of at least 4 members (excludes halogenated alkanes) is 1. The number of para-hydroxylation sites is 1. The summed E-state index contributed by atoms with van der Waals surface area (Å²) in [6.45, 7) is 6.87. The van der Waals surface area contributed by atoms with Crippen molar-refractivity contribution in [3.63, 3.8) is 0 Å². The Kier molecular flexibility index (Phi) is 8.91. The molecule has 0 atom stereocenters. The number of aromatic nitrogens is 1. The van der Waals surface area contributed by atoms with Crippen LogP contribution in [-0.4, -0.2) is 15.7 Å². The molecule has 1 heterocycles. The highest BCUT2D eigenvalue weighted by Crippen LogP contribution is 2.29. The van der Waals surface area contributed by atoms with Crippen LogP contribution in [0.4, 0.5) is 16.2 Å². The Morgan fingerprint density at radius 1 is 0.882 bits per heavy atom. The molecule has 3 N–H and O–H groups in total. The summed E-state index contributed by atoms with van der Waals surface area (Å²) in [5.74, 6) is 0.0979. The van der Waals surface area contributed by atoms with Crippen LogP contribution >= 0.6 is 0 Å². The summed E-state index contributed by atoms with van der Waals surface area (Å²) in [7, 11) is 0. The molecular weight excluding hydrogens is 426 g/mol. The molecule has 3 rings (SSSR count). The van der Waals surface area contributed by atoms with E-state index in [-0.39, 0.29) is 17.0 Å². The van der Waals surface area contributed by atoms with Crippen LogP contribution in [0.2, 0.25) is 0 Å². The molecule has 6 heteroatoms. The number of aryl methyl sites for hydroxylation is 3. The maximum atomic E-state index is 13.3. The van der Waals surface area contributed by atoms with E-state index in [4.69, 9.17) is 0 Å². The SMILES string of the molecule is CCCCn1ccc(-c2cccc(O)c2)c(NC(=O)Nc2c(CCC)cccc2CCC)c1=O. The van der Waals surface area contributed by atoms with E-state index in [1.165, 1.54) is 0 Å². The quantitative estimate of drug-likeness (QED) is 0.319. The molecule has 0 unspecified atom stereocenters. The van der Waals surface area contributed by atoms with Crippen molar-refractivity contribution in [2.75, 3.05) is 10.6 Å². The number of carbonyl (C=O) groups excluding carboxylic acids is 1. The van der Waals surface area contributed by atoms with Gasteiger partial charge in [0.2, 0.25) is 0 Å². The van der Waals surface area contributed by atoms with Gasteiger partial charge in [-0.3, -0.25) is 4.79 Å². The first kappa shape index (κ1) is 25.1. The average molecular weight is 462 g/mol. The Labute approximate surface area is 201 Å². The highest BCUT2D eigenvalue weighted by Gasteiger charge is 2.17. The molecule has 0 aliphatic carbocycles. The molecule has 6 nitrogen and oxygen atoms in total. The van der Waals surface area contributed by atoms with Crippen molar-refractivity contribution in [3.8, 4) is 16.9 Å². The summed E-state index contributed by atoms with van der Waals surface area (Å²) < 4.78 is 1.62. The van der Waals surface area contributed by atoms with Crippen molar-refractivity contribution < 1.29 is 9.90 Å². The molecule has 0 radical (unpaired) electrons. The Balaban J connectivity index is 1.99. The molecule has 0 spiro atoms. The summed E-state index contributed by atoms with van der Waals surface area (Å²) in [6.07, 6.45) is 7.22. The van der Waals surface area contributed by atoms with Crippen molar-refractivity contribution in [2.45, 2.75) is 65.8 Å². The normalized spacial score (nSPS) is 10.8. The van der Waals surface area contributed by atoms with E-state index < -0.39 is 6.03 Å². The van der Waals surface area contributed by atoms with Gasteiger partial charge in [0.15, 0.2) is 0 Å². The maximum Gasteiger partial charge on any atom is 0.323 e. The van der Waals surface area contributed by atoms with Crippen LogP contribution in [0.15, 0.2) is 59.5 Å². The van der Waals surface area contributed by atoms with Gasteiger partial charge in [-0.1, -0.05) is 70.4 Å². The molecule has 3 aromatic rings. The van der Waals surface area contributed by atoms with Gasteiger partial charge in [0.05, 0.1) is 0 Å². The predicted molar refractivity (Wildman–Crippen MR) is 140 cm³/mol. The van der Waals surface area contributed by atoms with E-state index in [0.717, 1.165) is 55.3 Å². The van der Waals surface area contributed by atoms with Gasteiger partial charge in [-0.15, -0.1) is 0 Å². The fraction of sp³-hybridized carbons (Fsp3) is 0.357. The molecule has 0 saturated carbocycles. The molecule has 0 bridgehead atoms. The fourth-order valence-electron chi connectivity index (χ4n) is 4.14. The molecule has 0 aliphatic heterocycles. The Morgan fingerprint density at radius 2 is 1.53 bits per heavy atom. The summed E-state index contributed by atoms with van der Waals surface area (Å²) in [4.78, 5) is 26.5. The first-order chi connectivity index (χ1) is 16.5. The van der Waals surface area contributed by atoms with Crippen molar-refractivity contribution in [1.82, 2.24) is 4.57 Å². The lowest BCUT2D eigenvalue weighted by Gasteiger charge is -2.18. The Hall–Kier alpha value is -3.54. The number of phenols is 1. The van der Waals surface area contributed by atoms with Gasteiger partial charge in [0, 0.05) is 24.0 Å². The van der Waals surface area contributed by atoms with Crippen LogP contribution in [0.1, 0.15) is 57.6 Å². The number of hydrogen-bond donors (Lipinski definition) is 3. The minimum Gasteiger partial charge on any atom is -0.508 e. The van der Waals surface area contributed by atoms with Crippen molar-refractivity contribution in [2.24, 2.45) is 0 Å².